The fraction of sp³-hybridized carbons (Fsp3) is 0.632. The molecule has 0 radical (unpaired) electrons. The number of allylic oxidation sites excluding steroid dienone is 5. The van der Waals surface area contributed by atoms with Crippen molar-refractivity contribution in [2.24, 2.45) is 5.92 Å². The van der Waals surface area contributed by atoms with Crippen LogP contribution in [-0.2, 0) is 4.79 Å². The van der Waals surface area contributed by atoms with Crippen LogP contribution in [-0.4, -0.2) is 30.4 Å². The van der Waals surface area contributed by atoms with Gasteiger partial charge in [0.25, 0.3) is 0 Å². The molecule has 1 atom stereocenters. The predicted molar refractivity (Wildman–Crippen MR) is 102 cm³/mol. The topological polar surface area (TPSA) is 32.3 Å². The van der Waals surface area contributed by atoms with Gasteiger partial charge in [-0.05, 0) is 64.4 Å². The summed E-state index contributed by atoms with van der Waals surface area (Å²) in [4.78, 5) is 15.8. The van der Waals surface area contributed by atoms with Crippen molar-refractivity contribution in [3.05, 3.63) is 34.8 Å². The lowest BCUT2D eigenvalue weighted by Gasteiger charge is -2.26. The third kappa shape index (κ3) is 9.01. The third-order valence-corrected chi connectivity index (χ3v) is 5.05. The van der Waals surface area contributed by atoms with Crippen LogP contribution < -0.4 is 5.32 Å². The minimum Gasteiger partial charge on any atom is -0.331 e. The summed E-state index contributed by atoms with van der Waals surface area (Å²) in [6.45, 7) is 6.14. The number of carbonyl (C=O) groups excluding carboxylic acids is 1. The second kappa shape index (κ2) is 10.7. The molecule has 0 aromatic carbocycles. The van der Waals surface area contributed by atoms with E-state index in [0.29, 0.717) is 6.42 Å². The molecule has 0 aromatic heterocycles. The first-order chi connectivity index (χ1) is 11.0. The number of nitrogens with one attached hydrogen (secondary N) is 1. The maximum Gasteiger partial charge on any atom is 0.225 e. The molecule has 1 unspecified atom stereocenters. The number of amides is 1. The summed E-state index contributed by atoms with van der Waals surface area (Å²) in [7, 11) is 4.03. The zero-order valence-corrected chi connectivity index (χ0v) is 16.1. The van der Waals surface area contributed by atoms with Crippen LogP contribution in [0.5, 0.6) is 0 Å². The van der Waals surface area contributed by atoms with Gasteiger partial charge in [-0.15, -0.1) is 0 Å². The highest BCUT2D eigenvalue weighted by Gasteiger charge is 2.25. The summed E-state index contributed by atoms with van der Waals surface area (Å²) in [5, 5.41) is 3.15. The van der Waals surface area contributed by atoms with Gasteiger partial charge >= 0.3 is 0 Å². The molecule has 0 saturated heterocycles. The van der Waals surface area contributed by atoms with Crippen LogP contribution in [0.3, 0.4) is 0 Å². The van der Waals surface area contributed by atoms with Gasteiger partial charge in [0.05, 0.1) is 0 Å². The molecule has 1 aliphatic rings. The SMILES string of the molecule is C/C=C\C=C(/C)CC(=O)NC(S/C(=C/CC)CC1CC1)N(C)C. The average molecular weight is 337 g/mol. The van der Waals surface area contributed by atoms with Crippen molar-refractivity contribution in [2.45, 2.75) is 58.4 Å². The summed E-state index contributed by atoms with van der Waals surface area (Å²) in [6.07, 6.45) is 13.6. The molecule has 4 heteroatoms. The van der Waals surface area contributed by atoms with Crippen molar-refractivity contribution in [3.8, 4) is 0 Å². The van der Waals surface area contributed by atoms with E-state index in [1.165, 1.54) is 24.2 Å². The zero-order valence-electron chi connectivity index (χ0n) is 15.3. The van der Waals surface area contributed by atoms with E-state index >= 15 is 0 Å². The van der Waals surface area contributed by atoms with Crippen molar-refractivity contribution in [2.75, 3.05) is 14.1 Å². The Morgan fingerprint density at radius 3 is 2.61 bits per heavy atom. The molecule has 23 heavy (non-hydrogen) atoms. The molecule has 1 amide bonds. The van der Waals surface area contributed by atoms with E-state index in [-0.39, 0.29) is 11.4 Å². The highest BCUT2D eigenvalue weighted by molar-refractivity contribution is 8.03. The van der Waals surface area contributed by atoms with E-state index in [2.05, 4.69) is 23.2 Å². The van der Waals surface area contributed by atoms with Gasteiger partial charge in [-0.3, -0.25) is 9.69 Å². The van der Waals surface area contributed by atoms with Crippen LogP contribution in [0.2, 0.25) is 0 Å². The number of carbonyl (C=O) groups is 1. The van der Waals surface area contributed by atoms with Gasteiger partial charge in [0.15, 0.2) is 0 Å². The van der Waals surface area contributed by atoms with Gasteiger partial charge in [-0.1, -0.05) is 48.6 Å². The van der Waals surface area contributed by atoms with Gasteiger partial charge in [-0.2, -0.15) is 0 Å². The average Bonchev–Trinajstić information content (AvgIpc) is 3.28. The molecule has 0 aliphatic heterocycles. The van der Waals surface area contributed by atoms with Crippen molar-refractivity contribution < 1.29 is 4.79 Å². The number of hydrogen-bond donors (Lipinski definition) is 1. The fourth-order valence-electron chi connectivity index (χ4n) is 2.18. The zero-order chi connectivity index (χ0) is 17.2. The van der Waals surface area contributed by atoms with Gasteiger partial charge in [-0.25, -0.2) is 0 Å². The molecule has 0 bridgehead atoms. The maximum absolute atomic E-state index is 12.3. The van der Waals surface area contributed by atoms with Gasteiger partial charge in [0, 0.05) is 6.42 Å². The van der Waals surface area contributed by atoms with Crippen LogP contribution >= 0.6 is 11.8 Å². The number of thioether (sulfide) groups is 1. The molecule has 130 valence electrons. The first-order valence-electron chi connectivity index (χ1n) is 8.56. The van der Waals surface area contributed by atoms with Gasteiger partial charge in [0.2, 0.25) is 5.91 Å². The molecule has 1 rings (SSSR count). The minimum atomic E-state index is -0.00596. The second-order valence-corrected chi connectivity index (χ2v) is 7.65. The Morgan fingerprint density at radius 2 is 2.09 bits per heavy atom. The largest absolute Gasteiger partial charge is 0.331 e. The Morgan fingerprint density at radius 1 is 1.39 bits per heavy atom. The standard InChI is InChI=1S/C19H32N2OS/c1-6-8-10-15(3)13-18(22)20-19(21(4)5)23-17(9-7-2)14-16-11-12-16/h6,8-10,16,19H,7,11-14H2,1-5H3,(H,20,22)/b8-6-,15-10+,17-9+. The summed E-state index contributed by atoms with van der Waals surface area (Å²) >= 11 is 1.79. The monoisotopic (exact) mass is 336 g/mol. The lowest BCUT2D eigenvalue weighted by atomic mass is 10.2. The minimum absolute atomic E-state index is 0.00596. The lowest BCUT2D eigenvalue weighted by Crippen LogP contribution is -2.42. The Balaban J connectivity index is 2.59. The first-order valence-corrected chi connectivity index (χ1v) is 9.44. The van der Waals surface area contributed by atoms with Crippen LogP contribution in [0.4, 0.5) is 0 Å². The first kappa shape index (κ1) is 20.0. The van der Waals surface area contributed by atoms with Crippen LogP contribution in [0, 0.1) is 5.92 Å². The van der Waals surface area contributed by atoms with Crippen molar-refractivity contribution >= 4 is 17.7 Å². The molecule has 0 heterocycles. The molecule has 1 saturated carbocycles. The van der Waals surface area contributed by atoms with Gasteiger partial charge in [0.1, 0.15) is 5.50 Å². The second-order valence-electron chi connectivity index (χ2n) is 6.44. The van der Waals surface area contributed by atoms with E-state index in [9.17, 15) is 4.79 Å². The maximum atomic E-state index is 12.3. The highest BCUT2D eigenvalue weighted by Crippen LogP contribution is 2.39. The van der Waals surface area contributed by atoms with Crippen LogP contribution in [0.15, 0.2) is 34.8 Å². The Labute approximate surface area is 146 Å². The highest BCUT2D eigenvalue weighted by atomic mass is 32.2. The van der Waals surface area contributed by atoms with Crippen molar-refractivity contribution in [1.82, 2.24) is 10.2 Å². The Hall–Kier alpha value is -1.00. The number of rotatable bonds is 10. The smallest absolute Gasteiger partial charge is 0.225 e. The Kier molecular flexibility index (Phi) is 9.34. The number of nitrogens with zero attached hydrogens (tertiary/aromatic N) is 1. The van der Waals surface area contributed by atoms with E-state index in [4.69, 9.17) is 0 Å². The van der Waals surface area contributed by atoms with E-state index in [1.54, 1.807) is 11.8 Å². The summed E-state index contributed by atoms with van der Waals surface area (Å²) in [6, 6.07) is 0. The molecular weight excluding hydrogens is 304 g/mol. The molecule has 1 aliphatic carbocycles. The predicted octanol–water partition coefficient (Wildman–Crippen LogP) is 4.69. The van der Waals surface area contributed by atoms with Crippen molar-refractivity contribution in [3.63, 3.8) is 0 Å². The molecular formula is C19H32N2OS. The van der Waals surface area contributed by atoms with E-state index < -0.39 is 0 Å². The van der Waals surface area contributed by atoms with Crippen molar-refractivity contribution in [1.29, 1.82) is 0 Å². The van der Waals surface area contributed by atoms with E-state index in [0.717, 1.165) is 17.9 Å². The molecule has 0 aromatic rings. The summed E-state index contributed by atoms with van der Waals surface area (Å²) in [5.41, 5.74) is 1.07. The van der Waals surface area contributed by atoms with Gasteiger partial charge < -0.3 is 5.32 Å². The van der Waals surface area contributed by atoms with Crippen LogP contribution in [0.25, 0.3) is 0 Å². The third-order valence-electron chi connectivity index (χ3n) is 3.65. The summed E-state index contributed by atoms with van der Waals surface area (Å²) in [5.74, 6) is 0.946. The van der Waals surface area contributed by atoms with E-state index in [1.807, 2.05) is 46.2 Å². The number of hydrogen-bond acceptors (Lipinski definition) is 3. The molecule has 0 spiro atoms. The summed E-state index contributed by atoms with van der Waals surface area (Å²) < 4.78 is 0. The fourth-order valence-corrected chi connectivity index (χ4v) is 3.47. The quantitative estimate of drug-likeness (QED) is 0.464. The lowest BCUT2D eigenvalue weighted by molar-refractivity contribution is -0.121. The normalized spacial score (nSPS) is 17.8. The molecule has 1 fully saturated rings. The van der Waals surface area contributed by atoms with Crippen LogP contribution in [0.1, 0.15) is 52.9 Å². The Bertz CT molecular complexity index is 462. The molecule has 3 nitrogen and oxygen atoms in total. The molecule has 1 N–H and O–H groups in total.